The van der Waals surface area contributed by atoms with Crippen molar-refractivity contribution in [2.75, 3.05) is 26.7 Å². The van der Waals surface area contributed by atoms with Crippen LogP contribution in [0.5, 0.6) is 0 Å². The van der Waals surface area contributed by atoms with Crippen LogP contribution < -0.4 is 5.32 Å². The first-order chi connectivity index (χ1) is 11.7. The standard InChI is InChI=1S/C19H28N2O3/c1-24-19(23)12-11-18(22)20-17-10-6-14-21(15-17)13-5-9-16-7-3-2-4-8-16/h2-4,7-8,17H,5-6,9-15H2,1H3,(H,20,22)/t17-/m1/s1. The largest absolute Gasteiger partial charge is 0.469 e. The second-order valence-electron chi connectivity index (χ2n) is 6.37. The number of carbonyl (C=O) groups is 2. The predicted molar refractivity (Wildman–Crippen MR) is 93.6 cm³/mol. The zero-order valence-corrected chi connectivity index (χ0v) is 14.5. The van der Waals surface area contributed by atoms with Crippen molar-refractivity contribution in [1.82, 2.24) is 10.2 Å². The molecule has 1 aromatic rings. The van der Waals surface area contributed by atoms with E-state index in [9.17, 15) is 9.59 Å². The molecule has 1 fully saturated rings. The lowest BCUT2D eigenvalue weighted by Gasteiger charge is -2.33. The maximum absolute atomic E-state index is 11.9. The van der Waals surface area contributed by atoms with Gasteiger partial charge in [0, 0.05) is 19.0 Å². The average molecular weight is 332 g/mol. The molecule has 1 aromatic carbocycles. The second-order valence-corrected chi connectivity index (χ2v) is 6.37. The molecule has 1 heterocycles. The third-order valence-electron chi connectivity index (χ3n) is 4.44. The molecule has 0 unspecified atom stereocenters. The van der Waals surface area contributed by atoms with Crippen molar-refractivity contribution >= 4 is 11.9 Å². The molecule has 1 N–H and O–H groups in total. The van der Waals surface area contributed by atoms with E-state index in [1.807, 2.05) is 6.07 Å². The number of aryl methyl sites for hydroxylation is 1. The van der Waals surface area contributed by atoms with Crippen molar-refractivity contribution in [2.45, 2.75) is 44.6 Å². The van der Waals surface area contributed by atoms with Crippen LogP contribution >= 0.6 is 0 Å². The van der Waals surface area contributed by atoms with E-state index in [4.69, 9.17) is 0 Å². The quantitative estimate of drug-likeness (QED) is 0.741. The van der Waals surface area contributed by atoms with Crippen LogP contribution in [0.4, 0.5) is 0 Å². The Morgan fingerprint density at radius 1 is 1.25 bits per heavy atom. The van der Waals surface area contributed by atoms with Gasteiger partial charge in [-0.2, -0.15) is 0 Å². The van der Waals surface area contributed by atoms with E-state index in [0.29, 0.717) is 0 Å². The first-order valence-electron chi connectivity index (χ1n) is 8.80. The number of hydrogen-bond acceptors (Lipinski definition) is 4. The van der Waals surface area contributed by atoms with E-state index in [-0.39, 0.29) is 30.8 Å². The summed E-state index contributed by atoms with van der Waals surface area (Å²) in [4.78, 5) is 25.4. The molecule has 0 aromatic heterocycles. The number of esters is 1. The Bertz CT molecular complexity index is 519. The van der Waals surface area contributed by atoms with E-state index in [1.54, 1.807) is 0 Å². The molecule has 1 atom stereocenters. The molecule has 1 amide bonds. The lowest BCUT2D eigenvalue weighted by atomic mass is 10.0. The molecular weight excluding hydrogens is 304 g/mol. The Morgan fingerprint density at radius 3 is 2.79 bits per heavy atom. The van der Waals surface area contributed by atoms with Crippen molar-refractivity contribution in [1.29, 1.82) is 0 Å². The Kier molecular flexibility index (Phi) is 7.75. The highest BCUT2D eigenvalue weighted by atomic mass is 16.5. The summed E-state index contributed by atoms with van der Waals surface area (Å²) in [5.41, 5.74) is 1.38. The number of benzene rings is 1. The third kappa shape index (κ3) is 6.71. The average Bonchev–Trinajstić information content (AvgIpc) is 2.61. The van der Waals surface area contributed by atoms with Crippen LogP contribution in [0, 0.1) is 0 Å². The fourth-order valence-corrected chi connectivity index (χ4v) is 3.15. The Balaban J connectivity index is 1.65. The third-order valence-corrected chi connectivity index (χ3v) is 4.44. The van der Waals surface area contributed by atoms with Crippen LogP contribution in [-0.4, -0.2) is 49.6 Å². The van der Waals surface area contributed by atoms with Crippen LogP contribution in [-0.2, 0) is 20.7 Å². The van der Waals surface area contributed by atoms with Crippen LogP contribution in [0.25, 0.3) is 0 Å². The topological polar surface area (TPSA) is 58.6 Å². The molecule has 0 bridgehead atoms. The molecule has 1 aliphatic rings. The first kappa shape index (κ1) is 18.5. The smallest absolute Gasteiger partial charge is 0.306 e. The summed E-state index contributed by atoms with van der Waals surface area (Å²) in [6, 6.07) is 10.7. The van der Waals surface area contributed by atoms with Gasteiger partial charge in [0.25, 0.3) is 0 Å². The summed E-state index contributed by atoms with van der Waals surface area (Å²) in [7, 11) is 1.34. The number of likely N-dealkylation sites (tertiary alicyclic amines) is 1. The summed E-state index contributed by atoms with van der Waals surface area (Å²) in [5.74, 6) is -0.395. The van der Waals surface area contributed by atoms with Crippen LogP contribution in [0.2, 0.25) is 0 Å². The monoisotopic (exact) mass is 332 g/mol. The number of rotatable bonds is 8. The van der Waals surface area contributed by atoms with Crippen molar-refractivity contribution < 1.29 is 14.3 Å². The second kappa shape index (κ2) is 10.1. The summed E-state index contributed by atoms with van der Waals surface area (Å²) < 4.78 is 4.56. The van der Waals surface area contributed by atoms with Gasteiger partial charge in [-0.3, -0.25) is 9.59 Å². The summed E-state index contributed by atoms with van der Waals surface area (Å²) in [6.45, 7) is 3.06. The minimum atomic E-state index is -0.337. The molecule has 132 valence electrons. The Morgan fingerprint density at radius 2 is 2.04 bits per heavy atom. The summed E-state index contributed by atoms with van der Waals surface area (Å²) >= 11 is 0. The van der Waals surface area contributed by atoms with Crippen molar-refractivity contribution in [3.05, 3.63) is 35.9 Å². The molecule has 5 heteroatoms. The summed E-state index contributed by atoms with van der Waals surface area (Å²) in [5, 5.41) is 3.05. The summed E-state index contributed by atoms with van der Waals surface area (Å²) in [6.07, 6.45) is 4.69. The first-order valence-corrected chi connectivity index (χ1v) is 8.80. The minimum absolute atomic E-state index is 0.0588. The number of nitrogens with one attached hydrogen (secondary N) is 1. The molecule has 1 aliphatic heterocycles. The number of piperidine rings is 1. The molecular formula is C19H28N2O3. The Hall–Kier alpha value is -1.88. The number of amides is 1. The number of ether oxygens (including phenoxy) is 1. The van der Waals surface area contributed by atoms with Crippen molar-refractivity contribution in [3.8, 4) is 0 Å². The number of methoxy groups -OCH3 is 1. The van der Waals surface area contributed by atoms with E-state index >= 15 is 0 Å². The fourth-order valence-electron chi connectivity index (χ4n) is 3.15. The molecule has 0 aliphatic carbocycles. The maximum Gasteiger partial charge on any atom is 0.306 e. The SMILES string of the molecule is COC(=O)CCC(=O)N[C@@H]1CCCN(CCCc2ccccc2)C1. The van der Waals surface area contributed by atoms with Crippen LogP contribution in [0.15, 0.2) is 30.3 Å². The zero-order chi connectivity index (χ0) is 17.2. The minimum Gasteiger partial charge on any atom is -0.469 e. The number of carbonyl (C=O) groups excluding carboxylic acids is 2. The fraction of sp³-hybridized carbons (Fsp3) is 0.579. The van der Waals surface area contributed by atoms with Crippen LogP contribution in [0.3, 0.4) is 0 Å². The van der Waals surface area contributed by atoms with Crippen molar-refractivity contribution in [3.63, 3.8) is 0 Å². The molecule has 0 spiro atoms. The van der Waals surface area contributed by atoms with Gasteiger partial charge in [-0.25, -0.2) is 0 Å². The van der Waals surface area contributed by atoms with Gasteiger partial charge in [-0.15, -0.1) is 0 Å². The lowest BCUT2D eigenvalue weighted by molar-refractivity contribution is -0.142. The number of hydrogen-bond donors (Lipinski definition) is 1. The zero-order valence-electron chi connectivity index (χ0n) is 14.5. The molecule has 0 saturated carbocycles. The molecule has 2 rings (SSSR count). The van der Waals surface area contributed by atoms with E-state index in [1.165, 1.54) is 12.7 Å². The van der Waals surface area contributed by atoms with Gasteiger partial charge < -0.3 is 15.0 Å². The molecule has 5 nitrogen and oxygen atoms in total. The Labute approximate surface area is 144 Å². The van der Waals surface area contributed by atoms with Gasteiger partial charge in [-0.1, -0.05) is 30.3 Å². The van der Waals surface area contributed by atoms with Gasteiger partial charge >= 0.3 is 5.97 Å². The van der Waals surface area contributed by atoms with Gasteiger partial charge in [0.1, 0.15) is 0 Å². The van der Waals surface area contributed by atoms with Crippen molar-refractivity contribution in [2.24, 2.45) is 0 Å². The van der Waals surface area contributed by atoms with Crippen LogP contribution in [0.1, 0.15) is 37.7 Å². The lowest BCUT2D eigenvalue weighted by Crippen LogP contribution is -2.48. The normalized spacial score (nSPS) is 18.1. The highest BCUT2D eigenvalue weighted by molar-refractivity contribution is 5.81. The van der Waals surface area contributed by atoms with Gasteiger partial charge in [0.2, 0.25) is 5.91 Å². The van der Waals surface area contributed by atoms with Gasteiger partial charge in [0.15, 0.2) is 0 Å². The van der Waals surface area contributed by atoms with Gasteiger partial charge in [-0.05, 0) is 44.3 Å². The van der Waals surface area contributed by atoms with E-state index in [0.717, 1.165) is 45.3 Å². The number of nitrogens with zero attached hydrogens (tertiary/aromatic N) is 1. The predicted octanol–water partition coefficient (Wildman–Crippen LogP) is 2.15. The molecule has 0 radical (unpaired) electrons. The highest BCUT2D eigenvalue weighted by Crippen LogP contribution is 2.12. The maximum atomic E-state index is 11.9. The molecule has 24 heavy (non-hydrogen) atoms. The van der Waals surface area contributed by atoms with E-state index in [2.05, 4.69) is 39.2 Å². The molecule has 1 saturated heterocycles. The highest BCUT2D eigenvalue weighted by Gasteiger charge is 2.21. The van der Waals surface area contributed by atoms with E-state index < -0.39 is 0 Å². The van der Waals surface area contributed by atoms with Gasteiger partial charge in [0.05, 0.1) is 13.5 Å².